The molecule has 1 aliphatic heterocycles. The molecule has 1 aliphatic rings. The Hall–Kier alpha value is -0.0800. The molecule has 0 aromatic carbocycles. The third kappa shape index (κ3) is 3.76. The fourth-order valence-electron chi connectivity index (χ4n) is 2.52. The van der Waals surface area contributed by atoms with Crippen molar-refractivity contribution >= 4 is 0 Å². The van der Waals surface area contributed by atoms with E-state index in [9.17, 15) is 0 Å². The molecule has 2 nitrogen and oxygen atoms in total. The standard InChI is InChI=1S/C13H28N2/c1-4-5-6-13(9-14)15-8-7-11(2)12(3)10-15/h11-13H,4-10,14H2,1-3H3. The number of piperidine rings is 1. The summed E-state index contributed by atoms with van der Waals surface area (Å²) in [5, 5.41) is 0. The van der Waals surface area contributed by atoms with E-state index in [-0.39, 0.29) is 0 Å². The molecule has 2 heteroatoms. The second kappa shape index (κ2) is 6.49. The summed E-state index contributed by atoms with van der Waals surface area (Å²) in [5.74, 6) is 1.74. The predicted octanol–water partition coefficient (Wildman–Crippen LogP) is 2.48. The summed E-state index contributed by atoms with van der Waals surface area (Å²) in [6.07, 6.45) is 5.25. The maximum Gasteiger partial charge on any atom is 0.0218 e. The SMILES string of the molecule is CCCCC(CN)N1CCC(C)C(C)C1. The van der Waals surface area contributed by atoms with Gasteiger partial charge in [-0.05, 0) is 31.2 Å². The maximum atomic E-state index is 5.88. The quantitative estimate of drug-likeness (QED) is 0.758. The number of hydrogen-bond donors (Lipinski definition) is 1. The van der Waals surface area contributed by atoms with Crippen LogP contribution in [0.1, 0.15) is 46.5 Å². The number of likely N-dealkylation sites (tertiary alicyclic amines) is 1. The first kappa shape index (κ1) is 13.0. The maximum absolute atomic E-state index is 5.88. The highest BCUT2D eigenvalue weighted by Crippen LogP contribution is 2.24. The van der Waals surface area contributed by atoms with Crippen LogP contribution in [0.2, 0.25) is 0 Å². The van der Waals surface area contributed by atoms with Crippen molar-refractivity contribution in [1.82, 2.24) is 4.90 Å². The van der Waals surface area contributed by atoms with Crippen molar-refractivity contribution in [2.75, 3.05) is 19.6 Å². The van der Waals surface area contributed by atoms with Gasteiger partial charge in [0.05, 0.1) is 0 Å². The Kier molecular flexibility index (Phi) is 5.62. The van der Waals surface area contributed by atoms with Crippen molar-refractivity contribution in [3.63, 3.8) is 0 Å². The lowest BCUT2D eigenvalue weighted by Crippen LogP contribution is -2.47. The fraction of sp³-hybridized carbons (Fsp3) is 1.00. The van der Waals surface area contributed by atoms with Crippen molar-refractivity contribution in [2.24, 2.45) is 17.6 Å². The van der Waals surface area contributed by atoms with Crippen LogP contribution in [-0.4, -0.2) is 30.6 Å². The summed E-state index contributed by atoms with van der Waals surface area (Å²) in [6.45, 7) is 10.4. The van der Waals surface area contributed by atoms with E-state index in [1.54, 1.807) is 0 Å². The molecule has 3 unspecified atom stereocenters. The van der Waals surface area contributed by atoms with E-state index in [1.165, 1.54) is 38.8 Å². The molecule has 3 atom stereocenters. The topological polar surface area (TPSA) is 29.3 Å². The lowest BCUT2D eigenvalue weighted by Gasteiger charge is -2.40. The van der Waals surface area contributed by atoms with Gasteiger partial charge in [-0.2, -0.15) is 0 Å². The van der Waals surface area contributed by atoms with Crippen molar-refractivity contribution in [3.05, 3.63) is 0 Å². The number of unbranched alkanes of at least 4 members (excludes halogenated alkanes) is 1. The Bertz CT molecular complexity index is 170. The molecule has 0 aliphatic carbocycles. The zero-order chi connectivity index (χ0) is 11.3. The molecule has 2 N–H and O–H groups in total. The molecule has 15 heavy (non-hydrogen) atoms. The van der Waals surface area contributed by atoms with Crippen LogP contribution in [0.3, 0.4) is 0 Å². The van der Waals surface area contributed by atoms with Crippen LogP contribution in [0.5, 0.6) is 0 Å². The molecule has 0 amide bonds. The molecular formula is C13H28N2. The minimum Gasteiger partial charge on any atom is -0.329 e. The molecule has 1 saturated heterocycles. The third-order valence-electron chi connectivity index (χ3n) is 4.04. The van der Waals surface area contributed by atoms with E-state index in [2.05, 4.69) is 25.7 Å². The molecule has 0 aromatic rings. The summed E-state index contributed by atoms with van der Waals surface area (Å²) in [6, 6.07) is 0.639. The zero-order valence-corrected chi connectivity index (χ0v) is 10.7. The minimum absolute atomic E-state index is 0.639. The summed E-state index contributed by atoms with van der Waals surface area (Å²) in [7, 11) is 0. The Morgan fingerprint density at radius 1 is 1.33 bits per heavy atom. The van der Waals surface area contributed by atoms with Gasteiger partial charge in [0.25, 0.3) is 0 Å². The van der Waals surface area contributed by atoms with E-state index in [0.29, 0.717) is 6.04 Å². The molecular weight excluding hydrogens is 184 g/mol. The summed E-state index contributed by atoms with van der Waals surface area (Å²) in [4.78, 5) is 2.63. The monoisotopic (exact) mass is 212 g/mol. The molecule has 0 saturated carbocycles. The molecule has 1 rings (SSSR count). The highest BCUT2D eigenvalue weighted by molar-refractivity contribution is 4.81. The van der Waals surface area contributed by atoms with Crippen LogP contribution in [-0.2, 0) is 0 Å². The van der Waals surface area contributed by atoms with Crippen molar-refractivity contribution < 1.29 is 0 Å². The van der Waals surface area contributed by atoms with Gasteiger partial charge in [0.2, 0.25) is 0 Å². The predicted molar refractivity (Wildman–Crippen MR) is 66.9 cm³/mol. The van der Waals surface area contributed by atoms with Gasteiger partial charge in [-0.3, -0.25) is 4.90 Å². The molecule has 1 heterocycles. The Labute approximate surface area is 95.2 Å². The minimum atomic E-state index is 0.639. The van der Waals surface area contributed by atoms with E-state index in [1.807, 2.05) is 0 Å². The number of nitrogens with two attached hydrogens (primary N) is 1. The summed E-state index contributed by atoms with van der Waals surface area (Å²) >= 11 is 0. The van der Waals surface area contributed by atoms with E-state index < -0.39 is 0 Å². The average Bonchev–Trinajstić information content (AvgIpc) is 2.24. The lowest BCUT2D eigenvalue weighted by molar-refractivity contribution is 0.0932. The van der Waals surface area contributed by atoms with Crippen molar-refractivity contribution in [2.45, 2.75) is 52.5 Å². The highest BCUT2D eigenvalue weighted by atomic mass is 15.2. The second-order valence-electron chi connectivity index (χ2n) is 5.27. The van der Waals surface area contributed by atoms with Gasteiger partial charge in [-0.15, -0.1) is 0 Å². The first-order chi connectivity index (χ1) is 7.19. The Balaban J connectivity index is 2.39. The zero-order valence-electron chi connectivity index (χ0n) is 10.7. The van der Waals surface area contributed by atoms with Crippen molar-refractivity contribution in [1.29, 1.82) is 0 Å². The van der Waals surface area contributed by atoms with Crippen LogP contribution in [0.25, 0.3) is 0 Å². The normalized spacial score (nSPS) is 30.4. The van der Waals surface area contributed by atoms with Gasteiger partial charge in [-0.1, -0.05) is 33.6 Å². The van der Waals surface area contributed by atoms with E-state index >= 15 is 0 Å². The van der Waals surface area contributed by atoms with Crippen LogP contribution in [0, 0.1) is 11.8 Å². The van der Waals surface area contributed by atoms with Gasteiger partial charge < -0.3 is 5.73 Å². The van der Waals surface area contributed by atoms with E-state index in [0.717, 1.165) is 18.4 Å². The number of hydrogen-bond acceptors (Lipinski definition) is 2. The highest BCUT2D eigenvalue weighted by Gasteiger charge is 2.26. The first-order valence-corrected chi connectivity index (χ1v) is 6.63. The number of rotatable bonds is 5. The molecule has 1 fully saturated rings. The Morgan fingerprint density at radius 3 is 2.60 bits per heavy atom. The molecule has 90 valence electrons. The van der Waals surface area contributed by atoms with Crippen LogP contribution in [0.15, 0.2) is 0 Å². The largest absolute Gasteiger partial charge is 0.329 e. The number of nitrogens with zero attached hydrogens (tertiary/aromatic N) is 1. The summed E-state index contributed by atoms with van der Waals surface area (Å²) in [5.41, 5.74) is 5.88. The average molecular weight is 212 g/mol. The van der Waals surface area contributed by atoms with Gasteiger partial charge >= 0.3 is 0 Å². The first-order valence-electron chi connectivity index (χ1n) is 6.63. The molecule has 0 bridgehead atoms. The van der Waals surface area contributed by atoms with Gasteiger partial charge in [0.15, 0.2) is 0 Å². The van der Waals surface area contributed by atoms with Crippen LogP contribution < -0.4 is 5.73 Å². The third-order valence-corrected chi connectivity index (χ3v) is 4.04. The van der Waals surface area contributed by atoms with Gasteiger partial charge in [0.1, 0.15) is 0 Å². The Morgan fingerprint density at radius 2 is 2.07 bits per heavy atom. The second-order valence-corrected chi connectivity index (χ2v) is 5.27. The van der Waals surface area contributed by atoms with Crippen LogP contribution in [0.4, 0.5) is 0 Å². The van der Waals surface area contributed by atoms with Crippen molar-refractivity contribution in [3.8, 4) is 0 Å². The van der Waals surface area contributed by atoms with E-state index in [4.69, 9.17) is 5.73 Å². The molecule has 0 spiro atoms. The van der Waals surface area contributed by atoms with Gasteiger partial charge in [-0.25, -0.2) is 0 Å². The summed E-state index contributed by atoms with van der Waals surface area (Å²) < 4.78 is 0. The molecule has 0 aromatic heterocycles. The lowest BCUT2D eigenvalue weighted by atomic mass is 9.87. The van der Waals surface area contributed by atoms with Gasteiger partial charge in [0, 0.05) is 19.1 Å². The van der Waals surface area contributed by atoms with Crippen LogP contribution >= 0.6 is 0 Å². The molecule has 0 radical (unpaired) electrons. The smallest absolute Gasteiger partial charge is 0.0218 e. The fourth-order valence-corrected chi connectivity index (χ4v) is 2.52.